The van der Waals surface area contributed by atoms with Crippen molar-refractivity contribution < 1.29 is 38.4 Å². The first-order chi connectivity index (χ1) is 13.2. The Bertz CT molecular complexity index is 896. The Morgan fingerprint density at radius 1 is 1.04 bits per heavy atom. The highest BCUT2D eigenvalue weighted by Gasteiger charge is 2.86. The van der Waals surface area contributed by atoms with Crippen LogP contribution in [-0.2, 0) is 23.8 Å². The molecule has 150 valence electrons. The fourth-order valence-electron chi connectivity index (χ4n) is 6.85. The van der Waals surface area contributed by atoms with Crippen LogP contribution in [0.25, 0.3) is 0 Å². The fraction of sp³-hybridized carbons (Fsp3) is 0.700. The summed E-state index contributed by atoms with van der Waals surface area (Å²) >= 11 is 0. The summed E-state index contributed by atoms with van der Waals surface area (Å²) in [6.07, 6.45) is 1.60. The van der Waals surface area contributed by atoms with Crippen LogP contribution >= 0.6 is 0 Å². The molecule has 6 aliphatic rings. The maximum Gasteiger partial charge on any atom is 0.341 e. The van der Waals surface area contributed by atoms with Crippen LogP contribution in [0, 0.1) is 16.7 Å². The summed E-state index contributed by atoms with van der Waals surface area (Å²) in [6, 6.07) is 1.73. The topological polar surface area (TPSA) is 119 Å². The van der Waals surface area contributed by atoms with Crippen LogP contribution in [0.4, 0.5) is 0 Å². The van der Waals surface area contributed by atoms with Crippen LogP contribution < -0.4 is 0 Å². The van der Waals surface area contributed by atoms with Gasteiger partial charge in [-0.3, -0.25) is 0 Å². The number of carbonyl (C=O) groups excluding carboxylic acids is 2. The molecule has 0 unspecified atom stereocenters. The second-order valence-electron chi connectivity index (χ2n) is 9.49. The van der Waals surface area contributed by atoms with E-state index in [2.05, 4.69) is 0 Å². The Labute approximate surface area is 160 Å². The molecule has 0 spiro atoms. The van der Waals surface area contributed by atoms with E-state index in [1.54, 1.807) is 6.07 Å². The van der Waals surface area contributed by atoms with Crippen molar-refractivity contribution in [2.75, 3.05) is 0 Å². The Morgan fingerprint density at radius 2 is 1.82 bits per heavy atom. The lowest BCUT2D eigenvalue weighted by Gasteiger charge is -2.68. The number of esters is 2. The molecule has 4 aliphatic heterocycles. The molecule has 2 bridgehead atoms. The average Bonchev–Trinajstić information content (AvgIpc) is 3.28. The third-order valence-electron chi connectivity index (χ3n) is 8.45. The molecule has 8 nitrogen and oxygen atoms in total. The summed E-state index contributed by atoms with van der Waals surface area (Å²) in [6.45, 7) is 3.71. The summed E-state index contributed by atoms with van der Waals surface area (Å²) in [5, 5.41) is 22.9. The van der Waals surface area contributed by atoms with E-state index in [0.29, 0.717) is 18.4 Å². The van der Waals surface area contributed by atoms with Gasteiger partial charge >= 0.3 is 11.9 Å². The van der Waals surface area contributed by atoms with E-state index in [0.717, 1.165) is 0 Å². The van der Waals surface area contributed by atoms with E-state index in [1.165, 1.54) is 12.5 Å². The second kappa shape index (κ2) is 4.63. The minimum atomic E-state index is -1.77. The lowest BCUT2D eigenvalue weighted by atomic mass is 9.39. The van der Waals surface area contributed by atoms with Crippen LogP contribution in [0.2, 0.25) is 0 Å². The number of epoxide rings is 1. The molecule has 5 heterocycles. The molecule has 1 aromatic rings. The van der Waals surface area contributed by atoms with Crippen LogP contribution in [0.1, 0.15) is 44.8 Å². The molecule has 9 atom stereocenters. The maximum absolute atomic E-state index is 13.0. The standard InChI is InChI=1S/C20H22O8/c1-17-4-5-19(23)15(21)26-10(9-3-6-25-8-9)7-18(19,2)13(17)11-12-14(27-12)20(17,24)16(22)28-11/h3,6,8,10-14,23-24H,4-5,7H2,1-2H3/t10-,11+,12-,13+,14-,17+,18-,19-,20-/m0/s1. The van der Waals surface area contributed by atoms with Gasteiger partial charge in [0.2, 0.25) is 0 Å². The third kappa shape index (κ3) is 1.55. The number of hydrogen-bond acceptors (Lipinski definition) is 8. The first kappa shape index (κ1) is 17.0. The first-order valence-corrected chi connectivity index (χ1v) is 9.71. The van der Waals surface area contributed by atoms with Gasteiger partial charge in [0, 0.05) is 22.3 Å². The maximum atomic E-state index is 13.0. The zero-order valence-electron chi connectivity index (χ0n) is 15.6. The number of fused-ring (bicyclic) bond motifs is 2. The highest BCUT2D eigenvalue weighted by atomic mass is 16.7. The molecule has 8 heteroatoms. The van der Waals surface area contributed by atoms with Crippen molar-refractivity contribution in [1.29, 1.82) is 0 Å². The van der Waals surface area contributed by atoms with E-state index in [4.69, 9.17) is 18.6 Å². The monoisotopic (exact) mass is 390 g/mol. The van der Waals surface area contributed by atoms with Gasteiger partial charge in [0.1, 0.15) is 24.4 Å². The van der Waals surface area contributed by atoms with Gasteiger partial charge in [-0.05, 0) is 25.3 Å². The van der Waals surface area contributed by atoms with Gasteiger partial charge in [-0.1, -0.05) is 13.8 Å². The van der Waals surface area contributed by atoms with Gasteiger partial charge in [0.25, 0.3) is 0 Å². The average molecular weight is 390 g/mol. The Hall–Kier alpha value is -1.90. The van der Waals surface area contributed by atoms with Crippen LogP contribution in [0.5, 0.6) is 0 Å². The molecular weight excluding hydrogens is 368 g/mol. The number of furan rings is 1. The van der Waals surface area contributed by atoms with Gasteiger partial charge in [-0.15, -0.1) is 0 Å². The summed E-state index contributed by atoms with van der Waals surface area (Å²) in [5.41, 5.74) is -4.63. The molecule has 1 aromatic heterocycles. The normalized spacial score (nSPS) is 56.2. The molecule has 7 rings (SSSR count). The lowest BCUT2D eigenvalue weighted by molar-refractivity contribution is -0.309. The molecule has 0 amide bonds. The molecule has 0 aromatic carbocycles. The van der Waals surface area contributed by atoms with Crippen molar-refractivity contribution in [3.8, 4) is 0 Å². The van der Waals surface area contributed by atoms with Crippen LogP contribution in [0.15, 0.2) is 23.0 Å². The van der Waals surface area contributed by atoms with Gasteiger partial charge in [0.15, 0.2) is 11.2 Å². The van der Waals surface area contributed by atoms with E-state index in [9.17, 15) is 19.8 Å². The predicted molar refractivity (Wildman–Crippen MR) is 89.5 cm³/mol. The number of ether oxygens (including phenoxy) is 3. The van der Waals surface area contributed by atoms with Crippen molar-refractivity contribution in [2.45, 2.75) is 68.7 Å². The zero-order valence-corrected chi connectivity index (χ0v) is 15.6. The highest BCUT2D eigenvalue weighted by Crippen LogP contribution is 2.73. The van der Waals surface area contributed by atoms with E-state index in [-0.39, 0.29) is 6.42 Å². The van der Waals surface area contributed by atoms with Gasteiger partial charge in [-0.2, -0.15) is 0 Å². The number of rotatable bonds is 1. The molecule has 0 radical (unpaired) electrons. The third-order valence-corrected chi connectivity index (χ3v) is 8.45. The molecular formula is C20H22O8. The van der Waals surface area contributed by atoms with E-state index < -0.39 is 64.3 Å². The summed E-state index contributed by atoms with van der Waals surface area (Å²) in [4.78, 5) is 25.6. The van der Waals surface area contributed by atoms with Crippen LogP contribution in [0.3, 0.4) is 0 Å². The molecule has 2 saturated carbocycles. The quantitative estimate of drug-likeness (QED) is 0.535. The Kier molecular flexibility index (Phi) is 2.81. The van der Waals surface area contributed by atoms with Crippen molar-refractivity contribution in [3.05, 3.63) is 24.2 Å². The lowest BCUT2D eigenvalue weighted by Crippen LogP contribution is -2.80. The number of hydrogen-bond donors (Lipinski definition) is 2. The smallest absolute Gasteiger partial charge is 0.341 e. The number of aliphatic hydroxyl groups is 2. The molecule has 28 heavy (non-hydrogen) atoms. The summed E-state index contributed by atoms with van der Waals surface area (Å²) in [5.74, 6) is -1.79. The molecule has 4 saturated heterocycles. The second-order valence-corrected chi connectivity index (χ2v) is 9.49. The van der Waals surface area contributed by atoms with Gasteiger partial charge in [0.05, 0.1) is 12.5 Å². The predicted octanol–water partition coefficient (Wildman–Crippen LogP) is 0.859. The van der Waals surface area contributed by atoms with Gasteiger partial charge in [-0.25, -0.2) is 9.59 Å². The Morgan fingerprint density at radius 3 is 2.54 bits per heavy atom. The molecule has 2 N–H and O–H groups in total. The number of carbonyl (C=O) groups is 2. The zero-order chi connectivity index (χ0) is 19.7. The first-order valence-electron chi connectivity index (χ1n) is 9.71. The van der Waals surface area contributed by atoms with Crippen molar-refractivity contribution >= 4 is 11.9 Å². The fourth-order valence-corrected chi connectivity index (χ4v) is 6.85. The SMILES string of the molecule is C[C@@]12C[C@@H](c3ccoc3)OC(=O)[C@@]1(O)CC[C@]1(C)[C@H]2[C@@H]2OC(=O)[C@@]1(O)[C@H]1O[C@@H]21. The minimum Gasteiger partial charge on any atom is -0.472 e. The minimum absolute atomic E-state index is 0.104. The van der Waals surface area contributed by atoms with E-state index >= 15 is 0 Å². The summed E-state index contributed by atoms with van der Waals surface area (Å²) < 4.78 is 22.0. The van der Waals surface area contributed by atoms with Crippen molar-refractivity contribution in [3.63, 3.8) is 0 Å². The molecule has 2 aliphatic carbocycles. The van der Waals surface area contributed by atoms with Gasteiger partial charge < -0.3 is 28.8 Å². The number of cyclic esters (lactones) is 1. The highest BCUT2D eigenvalue weighted by molar-refractivity contribution is 5.87. The summed E-state index contributed by atoms with van der Waals surface area (Å²) in [7, 11) is 0. The van der Waals surface area contributed by atoms with E-state index in [1.807, 2.05) is 13.8 Å². The van der Waals surface area contributed by atoms with Crippen molar-refractivity contribution in [1.82, 2.24) is 0 Å². The van der Waals surface area contributed by atoms with Crippen LogP contribution in [-0.4, -0.2) is 51.7 Å². The Balaban J connectivity index is 1.51. The molecule has 6 fully saturated rings. The van der Waals surface area contributed by atoms with Crippen molar-refractivity contribution in [2.24, 2.45) is 16.7 Å². The largest absolute Gasteiger partial charge is 0.472 e.